The lowest BCUT2D eigenvalue weighted by Crippen LogP contribution is -2.40. The van der Waals surface area contributed by atoms with Crippen LogP contribution in [0.3, 0.4) is 0 Å². The van der Waals surface area contributed by atoms with Gasteiger partial charge in [0.15, 0.2) is 0 Å². The Hall–Kier alpha value is -0.580. The summed E-state index contributed by atoms with van der Waals surface area (Å²) in [7, 11) is 1.88. The monoisotopic (exact) mass is 301 g/mol. The molecule has 0 bridgehead atoms. The van der Waals surface area contributed by atoms with Crippen LogP contribution in [-0.2, 0) is 19.9 Å². The van der Waals surface area contributed by atoms with E-state index >= 15 is 0 Å². The van der Waals surface area contributed by atoms with Gasteiger partial charge in [0.05, 0.1) is 22.0 Å². The summed E-state index contributed by atoms with van der Waals surface area (Å²) in [5.41, 5.74) is 1.08. The van der Waals surface area contributed by atoms with E-state index < -0.39 is 5.60 Å². The Labute approximate surface area is 127 Å². The Balaban J connectivity index is 2.69. The van der Waals surface area contributed by atoms with E-state index in [2.05, 4.69) is 31.2 Å². The Morgan fingerprint density at radius 1 is 1.30 bits per heavy atom. The maximum Gasteiger partial charge on any atom is 0.0850 e. The first-order chi connectivity index (χ1) is 9.06. The third-order valence-electron chi connectivity index (χ3n) is 3.37. The molecule has 1 rings (SSSR count). The minimum absolute atomic E-state index is 0.0651. The predicted octanol–water partition coefficient (Wildman–Crippen LogP) is 2.71. The highest BCUT2D eigenvalue weighted by molar-refractivity contribution is 6.31. The fourth-order valence-corrected chi connectivity index (χ4v) is 2.53. The van der Waals surface area contributed by atoms with E-state index in [0.29, 0.717) is 17.9 Å². The van der Waals surface area contributed by atoms with Crippen LogP contribution in [0.5, 0.6) is 0 Å². The second-order valence-electron chi connectivity index (χ2n) is 6.79. The highest BCUT2D eigenvalue weighted by Gasteiger charge is 2.26. The van der Waals surface area contributed by atoms with Gasteiger partial charge >= 0.3 is 0 Å². The van der Waals surface area contributed by atoms with Crippen molar-refractivity contribution in [3.63, 3.8) is 0 Å². The molecule has 1 atom stereocenters. The van der Waals surface area contributed by atoms with E-state index in [1.807, 2.05) is 20.9 Å². The molecular formula is C15H28ClN3O. The zero-order valence-electron chi connectivity index (χ0n) is 13.5. The van der Waals surface area contributed by atoms with Crippen molar-refractivity contribution in [3.8, 4) is 0 Å². The molecule has 20 heavy (non-hydrogen) atoms. The van der Waals surface area contributed by atoms with E-state index in [0.717, 1.165) is 24.4 Å². The van der Waals surface area contributed by atoms with Gasteiger partial charge in [-0.25, -0.2) is 0 Å². The van der Waals surface area contributed by atoms with E-state index in [1.54, 1.807) is 4.68 Å². The molecule has 0 aliphatic heterocycles. The van der Waals surface area contributed by atoms with Crippen LogP contribution in [0.2, 0.25) is 5.02 Å². The second kappa shape index (κ2) is 6.46. The molecule has 0 amide bonds. The molecule has 0 saturated heterocycles. The second-order valence-corrected chi connectivity index (χ2v) is 7.16. The maximum atomic E-state index is 10.6. The van der Waals surface area contributed by atoms with Gasteiger partial charge in [0.25, 0.3) is 0 Å². The van der Waals surface area contributed by atoms with Crippen LogP contribution in [0.4, 0.5) is 0 Å². The first kappa shape index (κ1) is 17.5. The van der Waals surface area contributed by atoms with Crippen molar-refractivity contribution in [1.82, 2.24) is 15.1 Å². The molecule has 5 heteroatoms. The molecule has 0 spiro atoms. The molecule has 0 fully saturated rings. The summed E-state index contributed by atoms with van der Waals surface area (Å²) < 4.78 is 1.78. The van der Waals surface area contributed by atoms with Crippen LogP contribution < -0.4 is 5.32 Å². The number of rotatable bonds is 6. The van der Waals surface area contributed by atoms with Crippen LogP contribution in [0.1, 0.15) is 52.4 Å². The van der Waals surface area contributed by atoms with Crippen molar-refractivity contribution in [2.45, 2.75) is 65.0 Å². The highest BCUT2D eigenvalue weighted by Crippen LogP contribution is 2.26. The average molecular weight is 302 g/mol. The lowest BCUT2D eigenvalue weighted by Gasteiger charge is -2.27. The summed E-state index contributed by atoms with van der Waals surface area (Å²) in [6, 6.07) is 0. The molecule has 116 valence electrons. The zero-order valence-corrected chi connectivity index (χ0v) is 14.3. The van der Waals surface area contributed by atoms with Crippen molar-refractivity contribution in [1.29, 1.82) is 0 Å². The number of hydrogen-bond donors (Lipinski definition) is 2. The molecule has 1 aromatic rings. The van der Waals surface area contributed by atoms with Crippen LogP contribution in [0, 0.1) is 0 Å². The number of aliphatic hydroxyl groups is 1. The Kier molecular flexibility index (Phi) is 5.64. The first-order valence-electron chi connectivity index (χ1n) is 7.23. The zero-order chi connectivity index (χ0) is 15.6. The largest absolute Gasteiger partial charge is 0.390 e. The molecule has 0 aromatic carbocycles. The number of hydrogen-bond acceptors (Lipinski definition) is 3. The molecule has 0 aliphatic carbocycles. The Bertz CT molecular complexity index is 447. The van der Waals surface area contributed by atoms with Gasteiger partial charge in [-0.3, -0.25) is 4.68 Å². The summed E-state index contributed by atoms with van der Waals surface area (Å²) in [5.74, 6) is 0. The molecule has 0 saturated carbocycles. The number of halogens is 1. The normalized spacial score (nSPS) is 15.4. The summed E-state index contributed by atoms with van der Waals surface area (Å²) >= 11 is 6.33. The third-order valence-corrected chi connectivity index (χ3v) is 3.81. The summed E-state index contributed by atoms with van der Waals surface area (Å²) in [6.07, 6.45) is 1.99. The standard InChI is InChI=1S/C15H28ClN3O/c1-7-11-13(16)12(19(6)18-11)10-15(5,20)8-9-17-14(2,3)4/h17,20H,7-10H2,1-6H3. The molecular weight excluding hydrogens is 274 g/mol. The lowest BCUT2D eigenvalue weighted by molar-refractivity contribution is 0.0481. The minimum atomic E-state index is -0.791. The third kappa shape index (κ3) is 5.08. The van der Waals surface area contributed by atoms with Crippen molar-refractivity contribution < 1.29 is 5.11 Å². The fourth-order valence-electron chi connectivity index (χ4n) is 2.17. The van der Waals surface area contributed by atoms with Crippen molar-refractivity contribution in [2.75, 3.05) is 6.54 Å². The van der Waals surface area contributed by atoms with Gasteiger partial charge in [-0.2, -0.15) is 5.10 Å². The lowest BCUT2D eigenvalue weighted by atomic mass is 9.95. The number of aromatic nitrogens is 2. The van der Waals surface area contributed by atoms with Gasteiger partial charge in [-0.15, -0.1) is 0 Å². The van der Waals surface area contributed by atoms with Crippen LogP contribution >= 0.6 is 11.6 Å². The molecule has 1 heterocycles. The van der Waals surface area contributed by atoms with Gasteiger partial charge in [-0.05, 0) is 47.1 Å². The Morgan fingerprint density at radius 3 is 2.35 bits per heavy atom. The molecule has 1 aromatic heterocycles. The highest BCUT2D eigenvalue weighted by atomic mass is 35.5. The van der Waals surface area contributed by atoms with Crippen molar-refractivity contribution >= 4 is 11.6 Å². The molecule has 2 N–H and O–H groups in total. The van der Waals surface area contributed by atoms with E-state index in [9.17, 15) is 5.11 Å². The van der Waals surface area contributed by atoms with Gasteiger partial charge in [0.1, 0.15) is 0 Å². The smallest absolute Gasteiger partial charge is 0.0850 e. The van der Waals surface area contributed by atoms with E-state index in [4.69, 9.17) is 11.6 Å². The van der Waals surface area contributed by atoms with Gasteiger partial charge in [0, 0.05) is 19.0 Å². The average Bonchev–Trinajstić information content (AvgIpc) is 2.54. The summed E-state index contributed by atoms with van der Waals surface area (Å²) in [6.45, 7) is 11.0. The van der Waals surface area contributed by atoms with E-state index in [1.165, 1.54) is 0 Å². The van der Waals surface area contributed by atoms with Crippen molar-refractivity contribution in [3.05, 3.63) is 16.4 Å². The van der Waals surface area contributed by atoms with Crippen molar-refractivity contribution in [2.24, 2.45) is 7.05 Å². The van der Waals surface area contributed by atoms with Crippen LogP contribution in [-0.4, -0.2) is 32.6 Å². The predicted molar refractivity (Wildman–Crippen MR) is 84.3 cm³/mol. The number of aryl methyl sites for hydroxylation is 2. The summed E-state index contributed by atoms with van der Waals surface area (Å²) in [4.78, 5) is 0. The van der Waals surface area contributed by atoms with E-state index in [-0.39, 0.29) is 5.54 Å². The van der Waals surface area contributed by atoms with Crippen LogP contribution in [0.15, 0.2) is 0 Å². The quantitative estimate of drug-likeness (QED) is 0.849. The molecule has 0 aliphatic rings. The van der Waals surface area contributed by atoms with Gasteiger partial charge in [0.2, 0.25) is 0 Å². The first-order valence-corrected chi connectivity index (χ1v) is 7.61. The topological polar surface area (TPSA) is 50.1 Å². The van der Waals surface area contributed by atoms with Crippen LogP contribution in [0.25, 0.3) is 0 Å². The molecule has 1 unspecified atom stereocenters. The number of nitrogens with one attached hydrogen (secondary N) is 1. The minimum Gasteiger partial charge on any atom is -0.390 e. The van der Waals surface area contributed by atoms with Gasteiger partial charge in [-0.1, -0.05) is 18.5 Å². The fraction of sp³-hybridized carbons (Fsp3) is 0.800. The van der Waals surface area contributed by atoms with Gasteiger partial charge < -0.3 is 10.4 Å². The molecule has 0 radical (unpaired) electrons. The summed E-state index contributed by atoms with van der Waals surface area (Å²) in [5, 5.41) is 19.0. The SMILES string of the molecule is CCc1nn(C)c(CC(C)(O)CCNC(C)(C)C)c1Cl. The number of nitrogens with zero attached hydrogens (tertiary/aromatic N) is 2. The maximum absolute atomic E-state index is 10.6. The molecule has 4 nitrogen and oxygen atoms in total. The Morgan fingerprint density at radius 2 is 1.90 bits per heavy atom.